The fourth-order valence-corrected chi connectivity index (χ4v) is 2.09. The summed E-state index contributed by atoms with van der Waals surface area (Å²) in [6.07, 6.45) is 0.627. The largest absolute Gasteiger partial charge is 0.338 e. The molecule has 0 aromatic heterocycles. The molecule has 1 aliphatic carbocycles. The molecule has 88 valence electrons. The maximum absolute atomic E-state index is 12.2. The Morgan fingerprint density at radius 3 is 2.27 bits per heavy atom. The molecule has 1 N–H and O–H groups in total. The first-order chi connectivity index (χ1) is 7.06. The lowest BCUT2D eigenvalue weighted by Crippen LogP contribution is -2.44. The highest BCUT2D eigenvalue weighted by Gasteiger charge is 2.29. The summed E-state index contributed by atoms with van der Waals surface area (Å²) in [5, 5.41) is 3.16. The molecule has 1 rings (SSSR count). The average Bonchev–Trinajstić information content (AvgIpc) is 2.27. The monoisotopic (exact) mass is 220 g/mol. The van der Waals surface area contributed by atoms with Crippen molar-refractivity contribution in [1.29, 1.82) is 0 Å². The lowest BCUT2D eigenvalue weighted by molar-refractivity contribution is -0.144. The zero-order valence-electron chi connectivity index (χ0n) is 9.17. The van der Waals surface area contributed by atoms with Crippen molar-refractivity contribution in [2.24, 2.45) is 0 Å². The Hall–Kier alpha value is -0.710. The van der Waals surface area contributed by atoms with Crippen molar-refractivity contribution in [1.82, 2.24) is 10.2 Å². The molecule has 0 radical (unpaired) electrons. The molecule has 0 aromatic rings. The number of nitrogens with zero attached hydrogens (tertiary/aromatic N) is 1. The lowest BCUT2D eigenvalue weighted by Gasteiger charge is -2.34. The summed E-state index contributed by atoms with van der Waals surface area (Å²) in [7, 11) is 3.37. The Bertz CT molecular complexity index is 215. The van der Waals surface area contributed by atoms with Gasteiger partial charge in [0.05, 0.1) is 0 Å². The smallest absolute Gasteiger partial charge is 0.315 e. The van der Waals surface area contributed by atoms with Crippen LogP contribution in [0.25, 0.3) is 0 Å². The number of alkyl halides is 2. The third kappa shape index (κ3) is 3.12. The van der Waals surface area contributed by atoms with Crippen LogP contribution in [0.1, 0.15) is 25.7 Å². The summed E-state index contributed by atoms with van der Waals surface area (Å²) in [6.45, 7) is 0. The van der Waals surface area contributed by atoms with Gasteiger partial charge in [-0.2, -0.15) is 8.78 Å². The second-order valence-corrected chi connectivity index (χ2v) is 4.04. The highest BCUT2D eigenvalue weighted by Crippen LogP contribution is 2.22. The summed E-state index contributed by atoms with van der Waals surface area (Å²) >= 11 is 0. The Labute approximate surface area is 88.8 Å². The van der Waals surface area contributed by atoms with Gasteiger partial charge in [-0.3, -0.25) is 4.79 Å². The van der Waals surface area contributed by atoms with E-state index in [1.807, 2.05) is 7.05 Å². The summed E-state index contributed by atoms with van der Waals surface area (Å²) in [6, 6.07) is 0.451. The quantitative estimate of drug-likeness (QED) is 0.776. The van der Waals surface area contributed by atoms with Crippen molar-refractivity contribution in [2.75, 3.05) is 14.1 Å². The van der Waals surface area contributed by atoms with E-state index < -0.39 is 12.3 Å². The molecule has 0 spiro atoms. The molecule has 0 unspecified atom stereocenters. The van der Waals surface area contributed by atoms with Crippen molar-refractivity contribution in [3.05, 3.63) is 0 Å². The third-order valence-electron chi connectivity index (χ3n) is 3.19. The van der Waals surface area contributed by atoms with E-state index in [-0.39, 0.29) is 6.04 Å². The minimum atomic E-state index is -2.88. The number of rotatable bonds is 3. The summed E-state index contributed by atoms with van der Waals surface area (Å²) < 4.78 is 24.3. The highest BCUT2D eigenvalue weighted by molar-refractivity contribution is 5.79. The Balaban J connectivity index is 2.42. The van der Waals surface area contributed by atoms with Crippen molar-refractivity contribution in [3.8, 4) is 0 Å². The molecular formula is C10H18F2N2O. The lowest BCUT2D eigenvalue weighted by atomic mass is 9.90. The minimum Gasteiger partial charge on any atom is -0.338 e. The fraction of sp³-hybridized carbons (Fsp3) is 0.900. The molecule has 3 nitrogen and oxygen atoms in total. The molecule has 0 atom stereocenters. The van der Waals surface area contributed by atoms with Gasteiger partial charge in [-0.05, 0) is 32.7 Å². The van der Waals surface area contributed by atoms with E-state index >= 15 is 0 Å². The SMILES string of the molecule is CNC1CCC(N(C)C(=O)C(F)F)CC1. The zero-order chi connectivity index (χ0) is 11.4. The molecule has 0 aromatic carbocycles. The van der Waals surface area contributed by atoms with E-state index in [0.29, 0.717) is 6.04 Å². The maximum atomic E-state index is 12.2. The van der Waals surface area contributed by atoms with E-state index in [2.05, 4.69) is 5.32 Å². The Morgan fingerprint density at radius 1 is 1.33 bits per heavy atom. The van der Waals surface area contributed by atoms with Crippen LogP contribution in [0.15, 0.2) is 0 Å². The van der Waals surface area contributed by atoms with Crippen LogP contribution in [0, 0.1) is 0 Å². The normalized spacial score (nSPS) is 26.7. The maximum Gasteiger partial charge on any atom is 0.315 e. The van der Waals surface area contributed by atoms with E-state index in [0.717, 1.165) is 25.7 Å². The van der Waals surface area contributed by atoms with E-state index in [4.69, 9.17) is 0 Å². The number of carbonyl (C=O) groups is 1. The number of carbonyl (C=O) groups excluding carboxylic acids is 1. The first kappa shape index (κ1) is 12.4. The third-order valence-corrected chi connectivity index (χ3v) is 3.19. The van der Waals surface area contributed by atoms with Crippen LogP contribution in [-0.4, -0.2) is 43.4 Å². The van der Waals surface area contributed by atoms with E-state index in [1.54, 1.807) is 0 Å². The molecule has 0 aliphatic heterocycles. The van der Waals surface area contributed by atoms with Crippen molar-refractivity contribution >= 4 is 5.91 Å². The van der Waals surface area contributed by atoms with Crippen LogP contribution in [0.2, 0.25) is 0 Å². The summed E-state index contributed by atoms with van der Waals surface area (Å²) in [4.78, 5) is 12.3. The number of amides is 1. The van der Waals surface area contributed by atoms with Gasteiger partial charge in [0, 0.05) is 19.1 Å². The van der Waals surface area contributed by atoms with Gasteiger partial charge in [0.15, 0.2) is 0 Å². The molecule has 1 saturated carbocycles. The van der Waals surface area contributed by atoms with Gasteiger partial charge in [-0.1, -0.05) is 0 Å². The van der Waals surface area contributed by atoms with Gasteiger partial charge >= 0.3 is 6.43 Å². The van der Waals surface area contributed by atoms with Gasteiger partial charge in [0.1, 0.15) is 0 Å². The van der Waals surface area contributed by atoms with Gasteiger partial charge in [0.2, 0.25) is 0 Å². The first-order valence-electron chi connectivity index (χ1n) is 5.28. The molecule has 0 heterocycles. The number of nitrogens with one attached hydrogen (secondary N) is 1. The van der Waals surface area contributed by atoms with E-state index in [1.165, 1.54) is 11.9 Å². The van der Waals surface area contributed by atoms with Crippen LogP contribution in [-0.2, 0) is 4.79 Å². The van der Waals surface area contributed by atoms with Crippen LogP contribution in [0.5, 0.6) is 0 Å². The minimum absolute atomic E-state index is 0.0175. The Kier molecular flexibility index (Phi) is 4.45. The van der Waals surface area contributed by atoms with Gasteiger partial charge < -0.3 is 10.2 Å². The fourth-order valence-electron chi connectivity index (χ4n) is 2.09. The average molecular weight is 220 g/mol. The Morgan fingerprint density at radius 2 is 1.87 bits per heavy atom. The van der Waals surface area contributed by atoms with Crippen molar-refractivity contribution in [3.63, 3.8) is 0 Å². The molecular weight excluding hydrogens is 202 g/mol. The number of halogens is 2. The topological polar surface area (TPSA) is 32.3 Å². The molecule has 1 aliphatic rings. The predicted octanol–water partition coefficient (Wildman–Crippen LogP) is 1.24. The number of hydrogen-bond acceptors (Lipinski definition) is 2. The number of hydrogen-bond donors (Lipinski definition) is 1. The van der Waals surface area contributed by atoms with Crippen LogP contribution in [0.3, 0.4) is 0 Å². The molecule has 0 bridgehead atoms. The highest BCUT2D eigenvalue weighted by atomic mass is 19.3. The second-order valence-electron chi connectivity index (χ2n) is 4.04. The van der Waals surface area contributed by atoms with Crippen LogP contribution in [0.4, 0.5) is 8.78 Å². The molecule has 15 heavy (non-hydrogen) atoms. The van der Waals surface area contributed by atoms with Crippen LogP contribution >= 0.6 is 0 Å². The molecule has 1 amide bonds. The second kappa shape index (κ2) is 5.39. The molecule has 0 saturated heterocycles. The first-order valence-corrected chi connectivity index (χ1v) is 5.28. The molecule has 1 fully saturated rings. The summed E-state index contributed by atoms with van der Waals surface area (Å²) in [5.41, 5.74) is 0. The molecule has 5 heteroatoms. The zero-order valence-corrected chi connectivity index (χ0v) is 9.17. The standard InChI is InChI=1S/C10H18F2N2O/c1-13-7-3-5-8(6-4-7)14(2)10(15)9(11)12/h7-9,13H,3-6H2,1-2H3. The summed E-state index contributed by atoms with van der Waals surface area (Å²) in [5.74, 6) is -1.05. The van der Waals surface area contributed by atoms with Crippen molar-refractivity contribution < 1.29 is 13.6 Å². The van der Waals surface area contributed by atoms with Crippen molar-refractivity contribution in [2.45, 2.75) is 44.2 Å². The van der Waals surface area contributed by atoms with Crippen LogP contribution < -0.4 is 5.32 Å². The van der Waals surface area contributed by atoms with Gasteiger partial charge in [-0.15, -0.1) is 0 Å². The van der Waals surface area contributed by atoms with E-state index in [9.17, 15) is 13.6 Å². The van der Waals surface area contributed by atoms with Gasteiger partial charge in [-0.25, -0.2) is 0 Å². The van der Waals surface area contributed by atoms with Gasteiger partial charge in [0.25, 0.3) is 5.91 Å². The predicted molar refractivity (Wildman–Crippen MR) is 53.9 cm³/mol.